The fourth-order valence-corrected chi connectivity index (χ4v) is 1.56. The van der Waals surface area contributed by atoms with Crippen molar-refractivity contribution in [3.8, 4) is 6.07 Å². The summed E-state index contributed by atoms with van der Waals surface area (Å²) < 4.78 is 0. The number of carbonyl (C=O) groups is 1. The van der Waals surface area contributed by atoms with Gasteiger partial charge in [0.2, 0.25) is 0 Å². The molecule has 1 rings (SSSR count). The number of hydrogen-bond acceptors (Lipinski definition) is 3. The van der Waals surface area contributed by atoms with Crippen LogP contribution in [-0.2, 0) is 4.79 Å². The second-order valence-electron chi connectivity index (χ2n) is 4.01. The lowest BCUT2D eigenvalue weighted by molar-refractivity contribution is -0.112. The number of hydrogen-bond donors (Lipinski definition) is 2. The molecule has 0 aliphatic carbocycles. The van der Waals surface area contributed by atoms with Crippen LogP contribution in [0.3, 0.4) is 0 Å². The number of alkyl halides is 1. The standard InChI is InChI=1S/C14H16ClN3O/c1-10-4-3-5-13(11(10)2)18-14(19)12(8-16)9-17-7-6-15/h3-5,9,17H,6-7H2,1-2H3,(H,18,19)/b12-9-. The van der Waals surface area contributed by atoms with Gasteiger partial charge in [0.25, 0.3) is 5.91 Å². The highest BCUT2D eigenvalue weighted by Gasteiger charge is 2.10. The van der Waals surface area contributed by atoms with E-state index in [0.29, 0.717) is 18.1 Å². The van der Waals surface area contributed by atoms with Crippen molar-refractivity contribution >= 4 is 23.2 Å². The maximum absolute atomic E-state index is 11.9. The summed E-state index contributed by atoms with van der Waals surface area (Å²) in [4.78, 5) is 11.9. The first-order chi connectivity index (χ1) is 9.10. The number of amides is 1. The first-order valence-electron chi connectivity index (χ1n) is 5.87. The summed E-state index contributed by atoms with van der Waals surface area (Å²) in [6, 6.07) is 7.49. The van der Waals surface area contributed by atoms with E-state index in [4.69, 9.17) is 16.9 Å². The number of halogens is 1. The van der Waals surface area contributed by atoms with Crippen molar-refractivity contribution in [3.05, 3.63) is 41.1 Å². The molecule has 1 aromatic carbocycles. The third-order valence-electron chi connectivity index (χ3n) is 2.70. The molecule has 0 aromatic heterocycles. The van der Waals surface area contributed by atoms with Gasteiger partial charge in [-0.25, -0.2) is 0 Å². The molecule has 1 aromatic rings. The monoisotopic (exact) mass is 277 g/mol. The molecule has 0 fully saturated rings. The first kappa shape index (κ1) is 15.1. The summed E-state index contributed by atoms with van der Waals surface area (Å²) in [6.07, 6.45) is 1.38. The van der Waals surface area contributed by atoms with E-state index >= 15 is 0 Å². The lowest BCUT2D eigenvalue weighted by atomic mass is 10.1. The van der Waals surface area contributed by atoms with Gasteiger partial charge >= 0.3 is 0 Å². The maximum atomic E-state index is 11.9. The predicted octanol–water partition coefficient (Wildman–Crippen LogP) is 2.48. The molecule has 0 radical (unpaired) electrons. The number of aryl methyl sites for hydroxylation is 1. The number of rotatable bonds is 5. The minimum absolute atomic E-state index is 0.0195. The Morgan fingerprint density at radius 1 is 1.47 bits per heavy atom. The van der Waals surface area contributed by atoms with E-state index in [2.05, 4.69) is 10.6 Å². The first-order valence-corrected chi connectivity index (χ1v) is 6.40. The Balaban J connectivity index is 2.81. The van der Waals surface area contributed by atoms with Crippen LogP contribution in [0.2, 0.25) is 0 Å². The van der Waals surface area contributed by atoms with E-state index < -0.39 is 5.91 Å². The zero-order valence-electron chi connectivity index (χ0n) is 11.0. The smallest absolute Gasteiger partial charge is 0.267 e. The van der Waals surface area contributed by atoms with Gasteiger partial charge < -0.3 is 10.6 Å². The molecule has 19 heavy (non-hydrogen) atoms. The molecule has 100 valence electrons. The average molecular weight is 278 g/mol. The summed E-state index contributed by atoms with van der Waals surface area (Å²) in [6.45, 7) is 4.39. The van der Waals surface area contributed by atoms with Crippen LogP contribution in [0.25, 0.3) is 0 Å². The van der Waals surface area contributed by atoms with Gasteiger partial charge in [0.05, 0.1) is 0 Å². The highest BCUT2D eigenvalue weighted by molar-refractivity contribution is 6.18. The summed E-state index contributed by atoms with van der Waals surface area (Å²) >= 11 is 5.50. The normalized spacial score (nSPS) is 10.7. The molecule has 0 aliphatic heterocycles. The fraction of sp³-hybridized carbons (Fsp3) is 0.286. The summed E-state index contributed by atoms with van der Waals surface area (Å²) in [5.41, 5.74) is 2.80. The van der Waals surface area contributed by atoms with Crippen LogP contribution in [0.1, 0.15) is 11.1 Å². The van der Waals surface area contributed by atoms with Gasteiger partial charge in [-0.05, 0) is 31.0 Å². The molecule has 0 bridgehead atoms. The highest BCUT2D eigenvalue weighted by atomic mass is 35.5. The minimum atomic E-state index is -0.432. The molecular weight excluding hydrogens is 262 g/mol. The number of benzene rings is 1. The molecule has 0 heterocycles. The topological polar surface area (TPSA) is 64.9 Å². The van der Waals surface area contributed by atoms with Crippen molar-refractivity contribution in [2.45, 2.75) is 13.8 Å². The van der Waals surface area contributed by atoms with Gasteiger partial charge in [0.1, 0.15) is 11.6 Å². The molecule has 0 aliphatic rings. The third-order valence-corrected chi connectivity index (χ3v) is 2.89. The van der Waals surface area contributed by atoms with Crippen LogP contribution < -0.4 is 10.6 Å². The van der Waals surface area contributed by atoms with Gasteiger partial charge in [-0.2, -0.15) is 5.26 Å². The lowest BCUT2D eigenvalue weighted by Crippen LogP contribution is -2.18. The number of nitrogens with zero attached hydrogens (tertiary/aromatic N) is 1. The summed E-state index contributed by atoms with van der Waals surface area (Å²) in [5.74, 6) is -0.0216. The highest BCUT2D eigenvalue weighted by Crippen LogP contribution is 2.18. The van der Waals surface area contributed by atoms with E-state index in [9.17, 15) is 4.79 Å². The molecule has 2 N–H and O–H groups in total. The van der Waals surface area contributed by atoms with Crippen LogP contribution in [-0.4, -0.2) is 18.3 Å². The zero-order chi connectivity index (χ0) is 14.3. The number of nitrogens with one attached hydrogen (secondary N) is 2. The van der Waals surface area contributed by atoms with Crippen LogP contribution in [0.4, 0.5) is 5.69 Å². The molecular formula is C14H16ClN3O. The molecule has 5 heteroatoms. The van der Waals surface area contributed by atoms with Crippen molar-refractivity contribution in [1.29, 1.82) is 5.26 Å². The second kappa shape index (κ2) is 7.45. The van der Waals surface area contributed by atoms with Gasteiger partial charge in [0.15, 0.2) is 0 Å². The molecule has 0 unspecified atom stereocenters. The van der Waals surface area contributed by atoms with Crippen molar-refractivity contribution < 1.29 is 4.79 Å². The van der Waals surface area contributed by atoms with Crippen molar-refractivity contribution in [2.75, 3.05) is 17.7 Å². The number of carbonyl (C=O) groups excluding carboxylic acids is 1. The fourth-order valence-electron chi connectivity index (χ4n) is 1.45. The Morgan fingerprint density at radius 2 is 2.21 bits per heavy atom. The Hall–Kier alpha value is -1.99. The van der Waals surface area contributed by atoms with E-state index in [1.165, 1.54) is 6.20 Å². The SMILES string of the molecule is Cc1cccc(NC(=O)/C(C#N)=C\NCCCl)c1C. The molecule has 4 nitrogen and oxygen atoms in total. The lowest BCUT2D eigenvalue weighted by Gasteiger charge is -2.09. The Morgan fingerprint density at radius 3 is 2.84 bits per heavy atom. The minimum Gasteiger partial charge on any atom is -0.388 e. The summed E-state index contributed by atoms with van der Waals surface area (Å²) in [7, 11) is 0. The van der Waals surface area contributed by atoms with E-state index in [1.54, 1.807) is 6.07 Å². The van der Waals surface area contributed by atoms with Crippen LogP contribution >= 0.6 is 11.6 Å². The van der Waals surface area contributed by atoms with Crippen molar-refractivity contribution in [2.24, 2.45) is 0 Å². The number of anilines is 1. The number of nitriles is 1. The zero-order valence-corrected chi connectivity index (χ0v) is 11.7. The van der Waals surface area contributed by atoms with Gasteiger partial charge in [-0.3, -0.25) is 4.79 Å². The Kier molecular flexibility index (Phi) is 5.91. The van der Waals surface area contributed by atoms with Gasteiger partial charge in [-0.1, -0.05) is 12.1 Å². The molecule has 0 spiro atoms. The second-order valence-corrected chi connectivity index (χ2v) is 4.39. The van der Waals surface area contributed by atoms with Crippen molar-refractivity contribution in [1.82, 2.24) is 5.32 Å². The van der Waals surface area contributed by atoms with Gasteiger partial charge in [0, 0.05) is 24.3 Å². The van der Waals surface area contributed by atoms with Crippen LogP contribution in [0, 0.1) is 25.2 Å². The quantitative estimate of drug-likeness (QED) is 0.376. The van der Waals surface area contributed by atoms with Crippen LogP contribution in [0.5, 0.6) is 0 Å². The van der Waals surface area contributed by atoms with E-state index in [-0.39, 0.29) is 5.57 Å². The Labute approximate surface area is 118 Å². The van der Waals surface area contributed by atoms with Gasteiger partial charge in [-0.15, -0.1) is 11.6 Å². The van der Waals surface area contributed by atoms with Crippen molar-refractivity contribution in [3.63, 3.8) is 0 Å². The molecule has 0 saturated heterocycles. The van der Waals surface area contributed by atoms with E-state index in [1.807, 2.05) is 32.0 Å². The molecule has 0 saturated carbocycles. The molecule has 0 atom stereocenters. The third kappa shape index (κ3) is 4.31. The molecule has 1 amide bonds. The largest absolute Gasteiger partial charge is 0.388 e. The Bertz CT molecular complexity index is 532. The summed E-state index contributed by atoms with van der Waals surface area (Å²) in [5, 5.41) is 14.5. The predicted molar refractivity (Wildman–Crippen MR) is 77.0 cm³/mol. The van der Waals surface area contributed by atoms with E-state index in [0.717, 1.165) is 11.1 Å². The van der Waals surface area contributed by atoms with Crippen LogP contribution in [0.15, 0.2) is 30.0 Å². The maximum Gasteiger partial charge on any atom is 0.267 e. The average Bonchev–Trinajstić information content (AvgIpc) is 2.40.